The van der Waals surface area contributed by atoms with E-state index in [0.29, 0.717) is 17.0 Å². The molecule has 0 saturated carbocycles. The largest absolute Gasteiger partial charge is 0.484 e. The summed E-state index contributed by atoms with van der Waals surface area (Å²) in [7, 11) is 1.34. The molecule has 2 aromatic carbocycles. The van der Waals surface area contributed by atoms with Crippen molar-refractivity contribution in [1.29, 1.82) is 0 Å². The van der Waals surface area contributed by atoms with Gasteiger partial charge in [0.2, 0.25) is 0 Å². The van der Waals surface area contributed by atoms with Crippen LogP contribution in [0.25, 0.3) is 0 Å². The lowest BCUT2D eigenvalue weighted by molar-refractivity contribution is -0.118. The molecule has 1 amide bonds. The van der Waals surface area contributed by atoms with Crippen molar-refractivity contribution in [2.75, 3.05) is 56.7 Å². The number of amides is 1. The number of hydrogen-bond donors (Lipinski definition) is 1. The number of hydrogen-bond acceptors (Lipinski definition) is 6. The van der Waals surface area contributed by atoms with E-state index in [4.69, 9.17) is 9.47 Å². The minimum absolute atomic E-state index is 0.0551. The lowest BCUT2D eigenvalue weighted by Crippen LogP contribution is -2.46. The molecule has 1 saturated heterocycles. The number of esters is 1. The molecule has 0 atom stereocenters. The average molecular weight is 454 g/mol. The van der Waals surface area contributed by atoms with Crippen LogP contribution in [0.2, 0.25) is 0 Å². The van der Waals surface area contributed by atoms with Gasteiger partial charge in [0.1, 0.15) is 5.75 Å². The highest BCUT2D eigenvalue weighted by Crippen LogP contribution is 2.29. The Balaban J connectivity index is 1.70. The maximum absolute atomic E-state index is 12.7. The maximum atomic E-state index is 12.7. The summed E-state index contributed by atoms with van der Waals surface area (Å²) in [6.07, 6.45) is 0. The van der Waals surface area contributed by atoms with E-state index in [-0.39, 0.29) is 17.9 Å². The summed E-state index contributed by atoms with van der Waals surface area (Å²) in [6, 6.07) is 13.1. The molecule has 1 fully saturated rings. The Morgan fingerprint density at radius 3 is 2.24 bits per heavy atom. The van der Waals surface area contributed by atoms with E-state index in [1.807, 2.05) is 30.3 Å². The van der Waals surface area contributed by atoms with Crippen molar-refractivity contribution in [2.45, 2.75) is 33.1 Å². The molecule has 0 unspecified atom stereocenters. The minimum atomic E-state index is -0.442. The van der Waals surface area contributed by atoms with Crippen LogP contribution in [0.4, 0.5) is 11.4 Å². The fourth-order valence-corrected chi connectivity index (χ4v) is 3.85. The normalized spacial score (nSPS) is 14.6. The molecule has 178 valence electrons. The number of nitrogens with zero attached hydrogens (tertiary/aromatic N) is 2. The van der Waals surface area contributed by atoms with Gasteiger partial charge in [0.05, 0.1) is 24.0 Å². The molecule has 2 aromatic rings. The van der Waals surface area contributed by atoms with Crippen molar-refractivity contribution < 1.29 is 19.1 Å². The number of methoxy groups -OCH3 is 1. The molecule has 0 bridgehead atoms. The Kier molecular flexibility index (Phi) is 7.97. The molecule has 7 heteroatoms. The standard InChI is InChI=1S/C26H35N3O4/c1-6-28-13-15-29(16-14-28)23-12-7-19(25(31)32-5)17-22(23)27-24(30)18-33-21-10-8-20(9-11-21)26(2,3)4/h7-12,17H,6,13-16,18H2,1-5H3,(H,27,30). The van der Waals surface area contributed by atoms with Gasteiger partial charge in [0.25, 0.3) is 5.91 Å². The Hall–Kier alpha value is -3.06. The quantitative estimate of drug-likeness (QED) is 0.641. The summed E-state index contributed by atoms with van der Waals surface area (Å²) in [5.41, 5.74) is 3.12. The summed E-state index contributed by atoms with van der Waals surface area (Å²) < 4.78 is 10.5. The van der Waals surface area contributed by atoms with E-state index in [2.05, 4.69) is 42.8 Å². The molecule has 1 aliphatic rings. The highest BCUT2D eigenvalue weighted by molar-refractivity contribution is 5.98. The van der Waals surface area contributed by atoms with Crippen LogP contribution in [0.3, 0.4) is 0 Å². The van der Waals surface area contributed by atoms with Gasteiger partial charge in [-0.15, -0.1) is 0 Å². The molecule has 0 aromatic heterocycles. The first-order chi connectivity index (χ1) is 15.7. The zero-order chi connectivity index (χ0) is 24.0. The van der Waals surface area contributed by atoms with Crippen molar-refractivity contribution in [1.82, 2.24) is 4.90 Å². The van der Waals surface area contributed by atoms with Crippen LogP contribution >= 0.6 is 0 Å². The van der Waals surface area contributed by atoms with E-state index in [1.165, 1.54) is 12.7 Å². The average Bonchev–Trinajstić information content (AvgIpc) is 2.82. The van der Waals surface area contributed by atoms with Gasteiger partial charge in [-0.25, -0.2) is 4.79 Å². The summed E-state index contributed by atoms with van der Waals surface area (Å²) in [6.45, 7) is 13.1. The van der Waals surface area contributed by atoms with E-state index in [1.54, 1.807) is 12.1 Å². The summed E-state index contributed by atoms with van der Waals surface area (Å²) in [5.74, 6) is -0.0919. The number of ether oxygens (including phenoxy) is 2. The third-order valence-electron chi connectivity index (χ3n) is 5.94. The van der Waals surface area contributed by atoms with Crippen LogP contribution in [0.15, 0.2) is 42.5 Å². The third-order valence-corrected chi connectivity index (χ3v) is 5.94. The van der Waals surface area contributed by atoms with Gasteiger partial charge in [0.15, 0.2) is 6.61 Å². The molecular formula is C26H35N3O4. The van der Waals surface area contributed by atoms with Crippen molar-refractivity contribution in [3.8, 4) is 5.75 Å². The predicted octanol–water partition coefficient (Wildman–Crippen LogP) is 3.93. The number of likely N-dealkylation sites (N-methyl/N-ethyl adjacent to an activating group) is 1. The van der Waals surface area contributed by atoms with Crippen LogP contribution < -0.4 is 15.0 Å². The minimum Gasteiger partial charge on any atom is -0.484 e. The molecule has 33 heavy (non-hydrogen) atoms. The number of carbonyl (C=O) groups is 2. The van der Waals surface area contributed by atoms with Crippen molar-refractivity contribution in [3.05, 3.63) is 53.6 Å². The predicted molar refractivity (Wildman–Crippen MR) is 131 cm³/mol. The molecule has 1 N–H and O–H groups in total. The fourth-order valence-electron chi connectivity index (χ4n) is 3.85. The number of nitrogens with one attached hydrogen (secondary N) is 1. The fraction of sp³-hybridized carbons (Fsp3) is 0.462. The van der Waals surface area contributed by atoms with Gasteiger partial charge in [-0.1, -0.05) is 39.8 Å². The van der Waals surface area contributed by atoms with Gasteiger partial charge in [0, 0.05) is 26.2 Å². The van der Waals surface area contributed by atoms with Gasteiger partial charge >= 0.3 is 5.97 Å². The Bertz CT molecular complexity index is 958. The highest BCUT2D eigenvalue weighted by Gasteiger charge is 2.21. The van der Waals surface area contributed by atoms with Crippen LogP contribution in [0.1, 0.15) is 43.6 Å². The van der Waals surface area contributed by atoms with E-state index in [0.717, 1.165) is 38.4 Å². The topological polar surface area (TPSA) is 71.1 Å². The second-order valence-electron chi connectivity index (χ2n) is 9.26. The molecule has 0 aliphatic carbocycles. The Morgan fingerprint density at radius 2 is 1.67 bits per heavy atom. The summed E-state index contributed by atoms with van der Waals surface area (Å²) >= 11 is 0. The van der Waals surface area contributed by atoms with Crippen molar-refractivity contribution in [2.24, 2.45) is 0 Å². The second-order valence-corrected chi connectivity index (χ2v) is 9.26. The van der Waals surface area contributed by atoms with E-state index < -0.39 is 5.97 Å². The Labute approximate surface area is 196 Å². The zero-order valence-electron chi connectivity index (χ0n) is 20.3. The molecule has 0 spiro atoms. The molecule has 1 heterocycles. The monoisotopic (exact) mass is 453 g/mol. The third kappa shape index (κ3) is 6.48. The first-order valence-corrected chi connectivity index (χ1v) is 11.4. The van der Waals surface area contributed by atoms with Gasteiger partial charge in [-0.05, 0) is 47.9 Å². The number of anilines is 2. The van der Waals surface area contributed by atoms with Gasteiger partial charge in [-0.3, -0.25) is 4.79 Å². The molecule has 1 aliphatic heterocycles. The van der Waals surface area contributed by atoms with Crippen LogP contribution in [0, 0.1) is 0 Å². The van der Waals surface area contributed by atoms with Crippen LogP contribution in [-0.2, 0) is 14.9 Å². The lowest BCUT2D eigenvalue weighted by atomic mass is 9.87. The number of rotatable bonds is 7. The number of piperazine rings is 1. The second kappa shape index (κ2) is 10.7. The number of carbonyl (C=O) groups excluding carboxylic acids is 2. The molecular weight excluding hydrogens is 418 g/mol. The van der Waals surface area contributed by atoms with Gasteiger partial charge in [-0.2, -0.15) is 0 Å². The summed E-state index contributed by atoms with van der Waals surface area (Å²) in [4.78, 5) is 29.4. The molecule has 0 radical (unpaired) electrons. The maximum Gasteiger partial charge on any atom is 0.337 e. The van der Waals surface area contributed by atoms with Gasteiger partial charge < -0.3 is 24.6 Å². The zero-order valence-corrected chi connectivity index (χ0v) is 20.3. The van der Waals surface area contributed by atoms with Crippen molar-refractivity contribution >= 4 is 23.3 Å². The SMILES string of the molecule is CCN1CCN(c2ccc(C(=O)OC)cc2NC(=O)COc2ccc(C(C)(C)C)cc2)CC1. The first-order valence-electron chi connectivity index (χ1n) is 11.4. The molecule has 3 rings (SSSR count). The van der Waals surface area contributed by atoms with Crippen LogP contribution in [-0.4, -0.2) is 63.2 Å². The van der Waals surface area contributed by atoms with Crippen LogP contribution in [0.5, 0.6) is 5.75 Å². The van der Waals surface area contributed by atoms with E-state index in [9.17, 15) is 9.59 Å². The highest BCUT2D eigenvalue weighted by atomic mass is 16.5. The Morgan fingerprint density at radius 1 is 1.00 bits per heavy atom. The smallest absolute Gasteiger partial charge is 0.337 e. The molecule has 7 nitrogen and oxygen atoms in total. The van der Waals surface area contributed by atoms with Crippen molar-refractivity contribution in [3.63, 3.8) is 0 Å². The van der Waals surface area contributed by atoms with E-state index >= 15 is 0 Å². The summed E-state index contributed by atoms with van der Waals surface area (Å²) in [5, 5.41) is 2.93. The number of benzene rings is 2. The first kappa shape index (κ1) is 24.6. The lowest BCUT2D eigenvalue weighted by Gasteiger charge is -2.36.